The molecule has 5 rings (SSSR count). The van der Waals surface area contributed by atoms with E-state index in [4.69, 9.17) is 27.2 Å². The van der Waals surface area contributed by atoms with Crippen molar-refractivity contribution < 1.29 is 19.4 Å². The number of nitrogens with two attached hydrogens (primary N) is 1. The molecule has 1 fully saturated rings. The van der Waals surface area contributed by atoms with Gasteiger partial charge in [-0.15, -0.1) is 0 Å². The van der Waals surface area contributed by atoms with E-state index in [1.807, 2.05) is 53.9 Å². The van der Waals surface area contributed by atoms with Gasteiger partial charge < -0.3 is 20.9 Å². The number of carbonyl (C=O) groups excluding carboxylic acids is 1. The summed E-state index contributed by atoms with van der Waals surface area (Å²) in [4.78, 5) is 27.7. The van der Waals surface area contributed by atoms with E-state index in [1.165, 1.54) is 11.8 Å². The van der Waals surface area contributed by atoms with E-state index in [0.29, 0.717) is 17.0 Å². The van der Waals surface area contributed by atoms with Crippen molar-refractivity contribution in [3.63, 3.8) is 0 Å². The molecule has 4 N–H and O–H groups in total. The van der Waals surface area contributed by atoms with E-state index in [1.54, 1.807) is 12.3 Å². The summed E-state index contributed by atoms with van der Waals surface area (Å²) >= 11 is 7.85. The highest BCUT2D eigenvalue weighted by atomic mass is 35.5. The summed E-state index contributed by atoms with van der Waals surface area (Å²) in [5.41, 5.74) is 8.42. The standard InChI is InChI=1S/C24H23ClN4O4S/c1-14(16-6-5-15(12-17(16)25)23(9-10-23)28-22(31)32)33-24(21(26)30)8-7-19(34-24)18-13-27-20-4-2-3-11-29(18)20/h2-7,11-14,28H,8-10H2,1H3,(H2,26,30)(H,31,32)/t14-,24?/m1/s1. The van der Waals surface area contributed by atoms with E-state index >= 15 is 0 Å². The topological polar surface area (TPSA) is 119 Å². The van der Waals surface area contributed by atoms with E-state index < -0.39 is 28.6 Å². The lowest BCUT2D eigenvalue weighted by molar-refractivity contribution is -0.136. The highest BCUT2D eigenvalue weighted by Gasteiger charge is 2.47. The van der Waals surface area contributed by atoms with Crippen LogP contribution < -0.4 is 11.1 Å². The molecule has 2 aliphatic rings. The summed E-state index contributed by atoms with van der Waals surface area (Å²) < 4.78 is 8.24. The number of benzene rings is 1. The molecule has 8 nitrogen and oxygen atoms in total. The maximum Gasteiger partial charge on any atom is 0.405 e. The van der Waals surface area contributed by atoms with Crippen molar-refractivity contribution >= 4 is 45.9 Å². The SMILES string of the molecule is C[C@@H](OC1(C(N)=O)CC=C(c2cnc3ccccn23)S1)c1ccc(C2(NC(=O)O)CC2)cc1Cl. The van der Waals surface area contributed by atoms with Crippen LogP contribution in [0.3, 0.4) is 0 Å². The Bertz CT molecular complexity index is 1340. The summed E-state index contributed by atoms with van der Waals surface area (Å²) in [5.74, 6) is -0.570. The van der Waals surface area contributed by atoms with Gasteiger partial charge in [-0.25, -0.2) is 9.78 Å². The minimum Gasteiger partial charge on any atom is -0.465 e. The number of thioether (sulfide) groups is 1. The summed E-state index contributed by atoms with van der Waals surface area (Å²) in [5, 5.41) is 12.2. The number of amides is 2. The first-order chi connectivity index (χ1) is 16.2. The van der Waals surface area contributed by atoms with Crippen molar-refractivity contribution in [1.29, 1.82) is 0 Å². The number of halogens is 1. The van der Waals surface area contributed by atoms with Crippen LogP contribution in [0.25, 0.3) is 10.6 Å². The summed E-state index contributed by atoms with van der Waals surface area (Å²) in [7, 11) is 0. The minimum atomic E-state index is -1.28. The van der Waals surface area contributed by atoms with Crippen LogP contribution >= 0.6 is 23.4 Å². The Balaban J connectivity index is 1.36. The molecular formula is C24H23ClN4O4S. The number of aromatic nitrogens is 2. The predicted molar refractivity (Wildman–Crippen MR) is 130 cm³/mol. The van der Waals surface area contributed by atoms with E-state index in [-0.39, 0.29) is 0 Å². The van der Waals surface area contributed by atoms with Crippen molar-refractivity contribution in [2.24, 2.45) is 5.73 Å². The number of carbonyl (C=O) groups is 2. The van der Waals surface area contributed by atoms with Crippen LogP contribution in [0.15, 0.2) is 54.9 Å². The Kier molecular flexibility index (Phi) is 5.58. The average Bonchev–Trinajstić information content (AvgIpc) is 3.24. The second kappa shape index (κ2) is 8.33. The zero-order valence-corrected chi connectivity index (χ0v) is 19.9. The molecule has 1 aromatic carbocycles. The number of nitrogens with zero attached hydrogens (tertiary/aromatic N) is 2. The molecule has 1 aliphatic carbocycles. The number of ether oxygens (including phenoxy) is 1. The fourth-order valence-corrected chi connectivity index (χ4v) is 5.93. The van der Waals surface area contributed by atoms with Gasteiger partial charge >= 0.3 is 6.09 Å². The molecule has 0 spiro atoms. The number of nitrogens with one attached hydrogen (secondary N) is 1. The van der Waals surface area contributed by atoms with E-state index in [0.717, 1.165) is 34.7 Å². The molecule has 34 heavy (non-hydrogen) atoms. The average molecular weight is 499 g/mol. The van der Waals surface area contributed by atoms with Crippen LogP contribution in [-0.4, -0.2) is 31.4 Å². The first-order valence-corrected chi connectivity index (χ1v) is 12.0. The second-order valence-electron chi connectivity index (χ2n) is 8.57. The first kappa shape index (κ1) is 22.8. The van der Waals surface area contributed by atoms with Crippen LogP contribution in [0.4, 0.5) is 4.79 Å². The Morgan fingerprint density at radius 3 is 2.79 bits per heavy atom. The molecule has 10 heteroatoms. The lowest BCUT2D eigenvalue weighted by Crippen LogP contribution is -2.42. The lowest BCUT2D eigenvalue weighted by atomic mass is 10.0. The maximum atomic E-state index is 12.6. The molecular weight excluding hydrogens is 476 g/mol. The van der Waals surface area contributed by atoms with Crippen LogP contribution in [0.2, 0.25) is 5.02 Å². The molecule has 2 aromatic heterocycles. The summed E-state index contributed by atoms with van der Waals surface area (Å²) in [6.07, 6.45) is 5.79. The fraction of sp³-hybridized carbons (Fsp3) is 0.292. The van der Waals surface area contributed by atoms with Gasteiger partial charge in [0.2, 0.25) is 4.93 Å². The number of hydrogen-bond donors (Lipinski definition) is 3. The molecule has 0 bridgehead atoms. The van der Waals surface area contributed by atoms with Crippen molar-refractivity contribution in [1.82, 2.24) is 14.7 Å². The molecule has 176 valence electrons. The van der Waals surface area contributed by atoms with Gasteiger partial charge in [-0.1, -0.05) is 47.6 Å². The maximum absolute atomic E-state index is 12.6. The Hall–Kier alpha value is -3.01. The monoisotopic (exact) mass is 498 g/mol. The van der Waals surface area contributed by atoms with Gasteiger partial charge in [0.25, 0.3) is 5.91 Å². The molecule has 1 unspecified atom stereocenters. The minimum absolute atomic E-state index is 0.314. The number of fused-ring (bicyclic) bond motifs is 1. The van der Waals surface area contributed by atoms with Crippen molar-refractivity contribution in [3.05, 3.63) is 76.7 Å². The quantitative estimate of drug-likeness (QED) is 0.435. The molecule has 3 heterocycles. The van der Waals surface area contributed by atoms with Gasteiger partial charge in [-0.3, -0.25) is 9.20 Å². The van der Waals surface area contributed by atoms with Crippen molar-refractivity contribution in [3.8, 4) is 0 Å². The summed E-state index contributed by atoms with van der Waals surface area (Å²) in [6, 6.07) is 11.2. The first-order valence-electron chi connectivity index (χ1n) is 10.8. The molecule has 1 aliphatic heterocycles. The third-order valence-corrected chi connectivity index (χ3v) is 8.05. The third kappa shape index (κ3) is 3.93. The molecule has 0 saturated heterocycles. The third-order valence-electron chi connectivity index (χ3n) is 6.33. The van der Waals surface area contributed by atoms with Crippen LogP contribution in [-0.2, 0) is 15.1 Å². The zero-order valence-electron chi connectivity index (χ0n) is 18.3. The highest BCUT2D eigenvalue weighted by molar-refractivity contribution is 8.10. The van der Waals surface area contributed by atoms with Gasteiger partial charge in [0.1, 0.15) is 5.65 Å². The van der Waals surface area contributed by atoms with E-state index in [9.17, 15) is 9.59 Å². The van der Waals surface area contributed by atoms with Crippen molar-refractivity contribution in [2.45, 2.75) is 42.8 Å². The van der Waals surface area contributed by atoms with Crippen molar-refractivity contribution in [2.75, 3.05) is 0 Å². The van der Waals surface area contributed by atoms with Crippen LogP contribution in [0.5, 0.6) is 0 Å². The zero-order chi connectivity index (χ0) is 24.1. The highest BCUT2D eigenvalue weighted by Crippen LogP contribution is 2.51. The molecule has 2 atom stereocenters. The Morgan fingerprint density at radius 2 is 2.12 bits per heavy atom. The number of hydrogen-bond acceptors (Lipinski definition) is 5. The molecule has 1 saturated carbocycles. The molecule has 3 aromatic rings. The molecule has 2 amide bonds. The second-order valence-corrected chi connectivity index (χ2v) is 10.3. The van der Waals surface area contributed by atoms with Crippen LogP contribution in [0.1, 0.15) is 49.1 Å². The number of rotatable bonds is 7. The molecule has 0 radical (unpaired) electrons. The Labute approximate surface area is 205 Å². The smallest absolute Gasteiger partial charge is 0.405 e. The summed E-state index contributed by atoms with van der Waals surface area (Å²) in [6.45, 7) is 1.82. The number of pyridine rings is 1. The lowest BCUT2D eigenvalue weighted by Gasteiger charge is -2.30. The van der Waals surface area contributed by atoms with E-state index in [2.05, 4.69) is 10.3 Å². The van der Waals surface area contributed by atoms with Gasteiger partial charge in [0.05, 0.1) is 23.5 Å². The number of imidazole rings is 1. The normalized spacial score (nSPS) is 21.8. The predicted octanol–water partition coefficient (Wildman–Crippen LogP) is 4.68. The van der Waals surface area contributed by atoms with Gasteiger partial charge in [0, 0.05) is 22.5 Å². The number of carboxylic acid groups (broad SMARTS) is 1. The van der Waals surface area contributed by atoms with Gasteiger partial charge in [-0.2, -0.15) is 0 Å². The largest absolute Gasteiger partial charge is 0.465 e. The van der Waals surface area contributed by atoms with Crippen LogP contribution in [0, 0.1) is 0 Å². The van der Waals surface area contributed by atoms with Gasteiger partial charge in [-0.05, 0) is 49.1 Å². The number of primary amides is 1. The van der Waals surface area contributed by atoms with Gasteiger partial charge in [0.15, 0.2) is 0 Å². The Morgan fingerprint density at radius 1 is 1.32 bits per heavy atom. The fourth-order valence-electron chi connectivity index (χ4n) is 4.36.